The van der Waals surface area contributed by atoms with Crippen molar-refractivity contribution < 1.29 is 27.5 Å². The number of nitrogens with zero attached hydrogens (tertiary/aromatic N) is 1. The molecule has 0 heterocycles. The summed E-state index contributed by atoms with van der Waals surface area (Å²) in [5.74, 6) is 0.155. The highest BCUT2D eigenvalue weighted by Crippen LogP contribution is 2.29. The summed E-state index contributed by atoms with van der Waals surface area (Å²) < 4.78 is 38.1. The average Bonchev–Trinajstić information content (AvgIpc) is 3.61. The van der Waals surface area contributed by atoms with Gasteiger partial charge in [0.15, 0.2) is 6.61 Å². The highest BCUT2D eigenvalue weighted by atomic mass is 32.2. The molecule has 0 saturated heterocycles. The molecule has 0 aromatic heterocycles. The van der Waals surface area contributed by atoms with Crippen LogP contribution in [0.3, 0.4) is 0 Å². The van der Waals surface area contributed by atoms with Gasteiger partial charge >= 0.3 is 5.97 Å². The molecular weight excluding hydrogens is 432 g/mol. The van der Waals surface area contributed by atoms with Gasteiger partial charge in [-0.1, -0.05) is 13.0 Å². The first-order valence-corrected chi connectivity index (χ1v) is 12.0. The van der Waals surface area contributed by atoms with Crippen molar-refractivity contribution in [2.24, 2.45) is 5.92 Å². The molecule has 1 N–H and O–H groups in total. The maximum Gasteiger partial charge on any atom is 0.338 e. The van der Waals surface area contributed by atoms with E-state index in [9.17, 15) is 18.0 Å². The molecule has 8 nitrogen and oxygen atoms in total. The van der Waals surface area contributed by atoms with E-state index in [2.05, 4.69) is 4.72 Å². The van der Waals surface area contributed by atoms with E-state index in [1.165, 1.54) is 31.4 Å². The van der Waals surface area contributed by atoms with Crippen molar-refractivity contribution in [3.05, 3.63) is 54.1 Å². The highest BCUT2D eigenvalue weighted by molar-refractivity contribution is 7.92. The van der Waals surface area contributed by atoms with Gasteiger partial charge in [-0.2, -0.15) is 0 Å². The molecule has 9 heteroatoms. The number of hydrogen-bond acceptors (Lipinski definition) is 6. The molecule has 0 unspecified atom stereocenters. The average molecular weight is 461 g/mol. The van der Waals surface area contributed by atoms with E-state index in [1.54, 1.807) is 29.2 Å². The summed E-state index contributed by atoms with van der Waals surface area (Å²) in [5.41, 5.74) is 0.413. The molecule has 0 aliphatic heterocycles. The fourth-order valence-electron chi connectivity index (χ4n) is 3.17. The Morgan fingerprint density at radius 2 is 1.84 bits per heavy atom. The summed E-state index contributed by atoms with van der Waals surface area (Å²) in [6.07, 6.45) is 3.08. The molecule has 0 bridgehead atoms. The lowest BCUT2D eigenvalue weighted by Crippen LogP contribution is -2.36. The molecule has 0 atom stereocenters. The number of sulfonamides is 1. The number of methoxy groups -OCH3 is 1. The minimum atomic E-state index is -3.92. The Hall–Kier alpha value is -3.07. The zero-order chi connectivity index (χ0) is 23.1. The normalized spacial score (nSPS) is 13.3. The molecule has 1 saturated carbocycles. The van der Waals surface area contributed by atoms with E-state index in [-0.39, 0.29) is 23.0 Å². The Bertz CT molecular complexity index is 1050. The van der Waals surface area contributed by atoms with Crippen LogP contribution < -0.4 is 9.46 Å². The van der Waals surface area contributed by atoms with Gasteiger partial charge in [-0.25, -0.2) is 13.2 Å². The number of carbonyl (C=O) groups is 2. The van der Waals surface area contributed by atoms with Gasteiger partial charge in [-0.15, -0.1) is 0 Å². The molecule has 2 aromatic carbocycles. The number of hydrogen-bond donors (Lipinski definition) is 1. The summed E-state index contributed by atoms with van der Waals surface area (Å²) in [6.45, 7) is 2.93. The largest absolute Gasteiger partial charge is 0.497 e. The van der Waals surface area contributed by atoms with Gasteiger partial charge in [0.2, 0.25) is 0 Å². The summed E-state index contributed by atoms with van der Waals surface area (Å²) in [4.78, 5) is 26.5. The van der Waals surface area contributed by atoms with Gasteiger partial charge in [-0.3, -0.25) is 9.52 Å². The van der Waals surface area contributed by atoms with Crippen LogP contribution in [0.5, 0.6) is 5.75 Å². The first kappa shape index (κ1) is 23.6. The van der Waals surface area contributed by atoms with Crippen LogP contribution in [-0.2, 0) is 19.6 Å². The van der Waals surface area contributed by atoms with Crippen molar-refractivity contribution in [2.75, 3.05) is 31.5 Å². The number of anilines is 1. The van der Waals surface area contributed by atoms with Crippen LogP contribution in [0.1, 0.15) is 36.5 Å². The standard InChI is InChI=1S/C23H28N2O6S/c1-3-13-25(15-17-7-8-17)22(26)16-31-23(27)18-5-4-6-21(14-18)32(28,29)24-19-9-11-20(30-2)12-10-19/h4-6,9-12,14,17,24H,3,7-8,13,15-16H2,1-2H3. The van der Waals surface area contributed by atoms with Crippen LogP contribution in [0.2, 0.25) is 0 Å². The number of ether oxygens (including phenoxy) is 2. The smallest absolute Gasteiger partial charge is 0.338 e. The molecular formula is C23H28N2O6S. The lowest BCUT2D eigenvalue weighted by molar-refractivity contribution is -0.134. The zero-order valence-corrected chi connectivity index (χ0v) is 19.1. The van der Waals surface area contributed by atoms with Crippen molar-refractivity contribution in [3.63, 3.8) is 0 Å². The SMILES string of the molecule is CCCN(CC1CC1)C(=O)COC(=O)c1cccc(S(=O)(=O)Nc2ccc(OC)cc2)c1. The number of esters is 1. The van der Waals surface area contributed by atoms with Crippen LogP contribution in [0, 0.1) is 5.92 Å². The Morgan fingerprint density at radius 3 is 2.47 bits per heavy atom. The lowest BCUT2D eigenvalue weighted by Gasteiger charge is -2.21. The van der Waals surface area contributed by atoms with E-state index >= 15 is 0 Å². The number of carbonyl (C=O) groups excluding carboxylic acids is 2. The van der Waals surface area contributed by atoms with E-state index in [4.69, 9.17) is 9.47 Å². The third-order valence-corrected chi connectivity index (χ3v) is 6.45. The van der Waals surface area contributed by atoms with Gasteiger partial charge in [-0.05, 0) is 67.6 Å². The summed E-state index contributed by atoms with van der Waals surface area (Å²) >= 11 is 0. The topological polar surface area (TPSA) is 102 Å². The predicted molar refractivity (Wildman–Crippen MR) is 120 cm³/mol. The number of rotatable bonds is 11. The molecule has 1 aliphatic carbocycles. The molecule has 0 spiro atoms. The van der Waals surface area contributed by atoms with Crippen molar-refractivity contribution in [1.29, 1.82) is 0 Å². The number of benzene rings is 2. The molecule has 0 radical (unpaired) electrons. The van der Waals surface area contributed by atoms with Crippen molar-refractivity contribution in [2.45, 2.75) is 31.1 Å². The Labute approximate surface area is 188 Å². The zero-order valence-electron chi connectivity index (χ0n) is 18.2. The number of amides is 1. The fourth-order valence-corrected chi connectivity index (χ4v) is 4.27. The van der Waals surface area contributed by atoms with Gasteiger partial charge in [0.25, 0.3) is 15.9 Å². The summed E-state index contributed by atoms with van der Waals surface area (Å²) in [7, 11) is -2.40. The lowest BCUT2D eigenvalue weighted by atomic mass is 10.2. The maximum absolute atomic E-state index is 12.7. The molecule has 1 aliphatic rings. The van der Waals surface area contributed by atoms with Gasteiger partial charge in [0.05, 0.1) is 17.6 Å². The molecule has 172 valence electrons. The summed E-state index contributed by atoms with van der Waals surface area (Å²) in [5, 5.41) is 0. The highest BCUT2D eigenvalue weighted by Gasteiger charge is 2.27. The predicted octanol–water partition coefficient (Wildman–Crippen LogP) is 3.30. The Balaban J connectivity index is 1.63. The quantitative estimate of drug-likeness (QED) is 0.516. The second-order valence-corrected chi connectivity index (χ2v) is 9.40. The maximum atomic E-state index is 12.7. The number of nitrogens with one attached hydrogen (secondary N) is 1. The van der Waals surface area contributed by atoms with E-state index in [1.807, 2.05) is 6.92 Å². The second-order valence-electron chi connectivity index (χ2n) is 7.72. The molecule has 1 fully saturated rings. The monoisotopic (exact) mass is 460 g/mol. The van der Waals surface area contributed by atoms with E-state index < -0.39 is 16.0 Å². The second kappa shape index (κ2) is 10.5. The van der Waals surface area contributed by atoms with Crippen molar-refractivity contribution in [1.82, 2.24) is 4.90 Å². The first-order chi connectivity index (χ1) is 15.3. The minimum Gasteiger partial charge on any atom is -0.497 e. The minimum absolute atomic E-state index is 0.0552. The Morgan fingerprint density at radius 1 is 1.12 bits per heavy atom. The molecule has 3 rings (SSSR count). The molecule has 2 aromatic rings. The summed E-state index contributed by atoms with van der Waals surface area (Å²) in [6, 6.07) is 11.9. The first-order valence-electron chi connectivity index (χ1n) is 10.5. The third-order valence-electron chi connectivity index (χ3n) is 5.07. The van der Waals surface area contributed by atoms with Gasteiger partial charge < -0.3 is 14.4 Å². The molecule has 1 amide bonds. The van der Waals surface area contributed by atoms with Crippen LogP contribution in [0.4, 0.5) is 5.69 Å². The third kappa shape index (κ3) is 6.46. The van der Waals surface area contributed by atoms with Crippen LogP contribution in [0.25, 0.3) is 0 Å². The van der Waals surface area contributed by atoms with E-state index in [0.29, 0.717) is 30.4 Å². The fraction of sp³-hybridized carbons (Fsp3) is 0.391. The van der Waals surface area contributed by atoms with Gasteiger partial charge in [0.1, 0.15) is 5.75 Å². The Kier molecular flexibility index (Phi) is 7.74. The molecule has 32 heavy (non-hydrogen) atoms. The van der Waals surface area contributed by atoms with E-state index in [0.717, 1.165) is 19.3 Å². The van der Waals surface area contributed by atoms with Crippen molar-refractivity contribution >= 4 is 27.6 Å². The van der Waals surface area contributed by atoms with Crippen LogP contribution >= 0.6 is 0 Å². The van der Waals surface area contributed by atoms with Crippen LogP contribution in [0.15, 0.2) is 53.4 Å². The van der Waals surface area contributed by atoms with Gasteiger partial charge in [0, 0.05) is 18.8 Å². The van der Waals surface area contributed by atoms with Crippen molar-refractivity contribution in [3.8, 4) is 5.75 Å². The van der Waals surface area contributed by atoms with Crippen LogP contribution in [-0.4, -0.2) is 52.0 Å².